The Labute approximate surface area is 129 Å². The molecule has 0 spiro atoms. The molecule has 0 atom stereocenters. The molecule has 0 aliphatic carbocycles. The van der Waals surface area contributed by atoms with Crippen LogP contribution < -0.4 is 10.2 Å². The van der Waals surface area contributed by atoms with Gasteiger partial charge in [-0.05, 0) is 17.8 Å². The molecule has 19 heavy (non-hydrogen) atoms. The monoisotopic (exact) mass is 335 g/mol. The van der Waals surface area contributed by atoms with Gasteiger partial charge in [-0.1, -0.05) is 34.5 Å². The number of hydrogen-bond donors (Lipinski definition) is 1. The molecular formula is C10H11Cl2N5S2. The van der Waals surface area contributed by atoms with E-state index in [1.165, 1.54) is 23.1 Å². The van der Waals surface area contributed by atoms with Crippen molar-refractivity contribution in [3.05, 3.63) is 16.1 Å². The second-order valence-corrected chi connectivity index (χ2v) is 6.71. The molecule has 0 bridgehead atoms. The van der Waals surface area contributed by atoms with E-state index in [4.69, 9.17) is 23.2 Å². The molecule has 1 N–H and O–H groups in total. The zero-order valence-electron chi connectivity index (χ0n) is 10.4. The highest BCUT2D eigenvalue weighted by Crippen LogP contribution is 2.37. The normalized spacial score (nSPS) is 10.6. The van der Waals surface area contributed by atoms with Crippen LogP contribution in [0, 0.1) is 0 Å². The van der Waals surface area contributed by atoms with Gasteiger partial charge in [0.1, 0.15) is 10.8 Å². The van der Waals surface area contributed by atoms with Gasteiger partial charge in [-0.3, -0.25) is 0 Å². The Bertz CT molecular complexity index is 587. The summed E-state index contributed by atoms with van der Waals surface area (Å²) in [5, 5.41) is 13.5. The van der Waals surface area contributed by atoms with Gasteiger partial charge in [0.15, 0.2) is 4.34 Å². The van der Waals surface area contributed by atoms with Crippen molar-refractivity contribution in [2.75, 3.05) is 31.4 Å². The van der Waals surface area contributed by atoms with Crippen LogP contribution in [-0.4, -0.2) is 36.3 Å². The number of nitrogens with one attached hydrogen (secondary N) is 1. The largest absolute Gasteiger partial charge is 0.372 e. The van der Waals surface area contributed by atoms with Crippen LogP contribution in [0.3, 0.4) is 0 Å². The van der Waals surface area contributed by atoms with Crippen molar-refractivity contribution in [1.29, 1.82) is 0 Å². The maximum Gasteiger partial charge on any atom is 0.208 e. The first-order valence-corrected chi connectivity index (χ1v) is 7.62. The molecule has 2 rings (SSSR count). The molecular weight excluding hydrogens is 325 g/mol. The van der Waals surface area contributed by atoms with Gasteiger partial charge >= 0.3 is 0 Å². The van der Waals surface area contributed by atoms with Crippen molar-refractivity contribution < 1.29 is 0 Å². The minimum atomic E-state index is 0.489. The molecule has 0 fully saturated rings. The first kappa shape index (κ1) is 14.6. The first-order valence-electron chi connectivity index (χ1n) is 5.23. The van der Waals surface area contributed by atoms with Gasteiger partial charge in [0.2, 0.25) is 5.13 Å². The fourth-order valence-electron chi connectivity index (χ4n) is 1.20. The second kappa shape index (κ2) is 6.13. The van der Waals surface area contributed by atoms with Crippen molar-refractivity contribution in [1.82, 2.24) is 15.2 Å². The number of nitrogens with zero attached hydrogens (tertiary/aromatic N) is 4. The van der Waals surface area contributed by atoms with E-state index in [1.54, 1.807) is 13.1 Å². The van der Waals surface area contributed by atoms with Crippen LogP contribution in [0.25, 0.3) is 0 Å². The summed E-state index contributed by atoms with van der Waals surface area (Å²) in [5.41, 5.74) is 0. The van der Waals surface area contributed by atoms with Gasteiger partial charge < -0.3 is 10.2 Å². The zero-order chi connectivity index (χ0) is 14.0. The summed E-state index contributed by atoms with van der Waals surface area (Å²) in [6.45, 7) is 0. The van der Waals surface area contributed by atoms with Crippen molar-refractivity contribution in [2.45, 2.75) is 9.37 Å². The molecule has 2 heterocycles. The van der Waals surface area contributed by atoms with E-state index in [2.05, 4.69) is 20.5 Å². The topological polar surface area (TPSA) is 53.9 Å². The van der Waals surface area contributed by atoms with E-state index in [0.29, 0.717) is 20.9 Å². The maximum absolute atomic E-state index is 6.13. The third-order valence-corrected chi connectivity index (χ3v) is 4.93. The SMILES string of the molecule is CNc1nc(Sc2nnc(N(C)C)s2)c(Cl)cc1Cl. The lowest BCUT2D eigenvalue weighted by Gasteiger charge is -2.06. The third-order valence-electron chi connectivity index (χ3n) is 2.10. The molecule has 0 aliphatic rings. The van der Waals surface area contributed by atoms with Crippen LogP contribution in [0.5, 0.6) is 0 Å². The Kier molecular flexibility index (Phi) is 4.72. The Morgan fingerprint density at radius 2 is 2.00 bits per heavy atom. The van der Waals surface area contributed by atoms with Gasteiger partial charge in [0, 0.05) is 21.1 Å². The highest BCUT2D eigenvalue weighted by atomic mass is 35.5. The summed E-state index contributed by atoms with van der Waals surface area (Å²) >= 11 is 15.0. The van der Waals surface area contributed by atoms with E-state index in [1.807, 2.05) is 19.0 Å². The lowest BCUT2D eigenvalue weighted by Crippen LogP contribution is -2.07. The van der Waals surface area contributed by atoms with Gasteiger partial charge in [-0.2, -0.15) is 0 Å². The lowest BCUT2D eigenvalue weighted by atomic mass is 10.4. The number of halogens is 2. The van der Waals surface area contributed by atoms with Crippen LogP contribution in [0.1, 0.15) is 0 Å². The molecule has 2 aromatic heterocycles. The summed E-state index contributed by atoms with van der Waals surface area (Å²) in [6, 6.07) is 1.66. The summed E-state index contributed by atoms with van der Waals surface area (Å²) in [5.74, 6) is 0.589. The van der Waals surface area contributed by atoms with E-state index >= 15 is 0 Å². The molecule has 0 amide bonds. The average molecular weight is 336 g/mol. The Hall–Kier alpha value is -0.760. The maximum atomic E-state index is 6.13. The summed E-state index contributed by atoms with van der Waals surface area (Å²) in [6.07, 6.45) is 0. The van der Waals surface area contributed by atoms with E-state index in [9.17, 15) is 0 Å². The smallest absolute Gasteiger partial charge is 0.208 e. The standard InChI is InChI=1S/C10H11Cl2N5S2/c1-13-7-5(11)4-6(12)8(14-7)18-10-16-15-9(19-10)17(2)3/h4H,1-3H3,(H,13,14). The highest BCUT2D eigenvalue weighted by Gasteiger charge is 2.13. The fraction of sp³-hybridized carbons (Fsp3) is 0.300. The molecule has 9 heteroatoms. The highest BCUT2D eigenvalue weighted by molar-refractivity contribution is 8.01. The van der Waals surface area contributed by atoms with E-state index in [-0.39, 0.29) is 0 Å². The molecule has 5 nitrogen and oxygen atoms in total. The number of pyridine rings is 1. The van der Waals surface area contributed by atoms with Crippen LogP contribution in [0.2, 0.25) is 10.0 Å². The molecule has 0 saturated heterocycles. The second-order valence-electron chi connectivity index (χ2n) is 3.70. The van der Waals surface area contributed by atoms with Gasteiger partial charge in [0.25, 0.3) is 0 Å². The predicted molar refractivity (Wildman–Crippen MR) is 82.2 cm³/mol. The summed E-state index contributed by atoms with van der Waals surface area (Å²) in [7, 11) is 5.59. The van der Waals surface area contributed by atoms with Crippen molar-refractivity contribution in [3.8, 4) is 0 Å². The van der Waals surface area contributed by atoms with Crippen molar-refractivity contribution in [2.24, 2.45) is 0 Å². The molecule has 0 aliphatic heterocycles. The Morgan fingerprint density at radius 1 is 1.26 bits per heavy atom. The number of anilines is 2. The quantitative estimate of drug-likeness (QED) is 0.922. The molecule has 0 saturated carbocycles. The number of aromatic nitrogens is 3. The molecule has 102 valence electrons. The predicted octanol–water partition coefficient (Wildman–Crippen LogP) is 3.50. The van der Waals surface area contributed by atoms with Crippen LogP contribution in [0.15, 0.2) is 15.4 Å². The number of hydrogen-bond acceptors (Lipinski definition) is 7. The summed E-state index contributed by atoms with van der Waals surface area (Å²) < 4.78 is 0.780. The van der Waals surface area contributed by atoms with E-state index in [0.717, 1.165) is 9.47 Å². The number of rotatable bonds is 4. The minimum Gasteiger partial charge on any atom is -0.372 e. The van der Waals surface area contributed by atoms with E-state index < -0.39 is 0 Å². The Balaban J connectivity index is 2.27. The Morgan fingerprint density at radius 3 is 2.58 bits per heavy atom. The average Bonchev–Trinajstić information content (AvgIpc) is 2.81. The molecule has 0 aromatic carbocycles. The van der Waals surface area contributed by atoms with Gasteiger partial charge in [-0.15, -0.1) is 10.2 Å². The fourth-order valence-corrected chi connectivity index (χ4v) is 3.44. The van der Waals surface area contributed by atoms with Crippen LogP contribution in [-0.2, 0) is 0 Å². The van der Waals surface area contributed by atoms with Crippen molar-refractivity contribution >= 4 is 57.2 Å². The minimum absolute atomic E-state index is 0.489. The molecule has 0 unspecified atom stereocenters. The van der Waals surface area contributed by atoms with Crippen molar-refractivity contribution in [3.63, 3.8) is 0 Å². The van der Waals surface area contributed by atoms with Gasteiger partial charge in [0.05, 0.1) is 10.0 Å². The molecule has 0 radical (unpaired) electrons. The summed E-state index contributed by atoms with van der Waals surface area (Å²) in [4.78, 5) is 6.25. The van der Waals surface area contributed by atoms with Crippen LogP contribution >= 0.6 is 46.3 Å². The van der Waals surface area contributed by atoms with Crippen LogP contribution in [0.4, 0.5) is 10.9 Å². The lowest BCUT2D eigenvalue weighted by molar-refractivity contribution is 0.970. The third kappa shape index (κ3) is 3.42. The van der Waals surface area contributed by atoms with Gasteiger partial charge in [-0.25, -0.2) is 4.98 Å². The zero-order valence-corrected chi connectivity index (χ0v) is 13.6. The first-order chi connectivity index (χ1) is 9.01. The molecule has 2 aromatic rings.